The van der Waals surface area contributed by atoms with Crippen molar-refractivity contribution in [3.05, 3.63) is 0 Å². The second-order valence-corrected chi connectivity index (χ2v) is 3.77. The number of hydrogen-bond donors (Lipinski definition) is 0. The van der Waals surface area contributed by atoms with Gasteiger partial charge in [0.2, 0.25) is 0 Å². The lowest BCUT2D eigenvalue weighted by atomic mass is 10.1. The summed E-state index contributed by atoms with van der Waals surface area (Å²) in [5, 5.41) is 0. The molecule has 0 atom stereocenters. The van der Waals surface area contributed by atoms with E-state index in [0.717, 1.165) is 19.3 Å². The van der Waals surface area contributed by atoms with Gasteiger partial charge in [0.05, 0.1) is 6.61 Å². The van der Waals surface area contributed by atoms with Gasteiger partial charge in [-0.25, -0.2) is 0 Å². The molecule has 0 spiro atoms. The van der Waals surface area contributed by atoms with Gasteiger partial charge < -0.3 is 0 Å². The fraction of sp³-hybridized carbons (Fsp3) is 1.00. The molecule has 0 aromatic rings. The third-order valence-electron chi connectivity index (χ3n) is 2.26. The van der Waals surface area contributed by atoms with Crippen LogP contribution in [0.5, 0.6) is 0 Å². The van der Waals surface area contributed by atoms with E-state index in [1.165, 1.54) is 25.7 Å². The van der Waals surface area contributed by atoms with Crippen molar-refractivity contribution in [3.8, 4) is 0 Å². The molecule has 16 heavy (non-hydrogen) atoms. The first kappa shape index (κ1) is 18.5. The third-order valence-corrected chi connectivity index (χ3v) is 2.26. The van der Waals surface area contributed by atoms with E-state index in [4.69, 9.17) is 0 Å². The SMILES string of the molecule is CCCCCCCCCCOC(F)(F)F.S. The standard InChI is InChI=1S/C11H21F3O.H2S/c1-2-3-4-5-6-7-8-9-10-15-11(12,13)14;/h2-10H2,1H3;1H2. The summed E-state index contributed by atoms with van der Waals surface area (Å²) >= 11 is 0. The van der Waals surface area contributed by atoms with Crippen molar-refractivity contribution < 1.29 is 17.9 Å². The van der Waals surface area contributed by atoms with Crippen LogP contribution in [0.25, 0.3) is 0 Å². The maximum Gasteiger partial charge on any atom is 0.522 e. The summed E-state index contributed by atoms with van der Waals surface area (Å²) in [7, 11) is 0. The molecule has 0 rings (SSSR count). The molecule has 5 heteroatoms. The third kappa shape index (κ3) is 16.5. The van der Waals surface area contributed by atoms with Gasteiger partial charge in [-0.3, -0.25) is 4.74 Å². The number of hydrogen-bond acceptors (Lipinski definition) is 1. The smallest absolute Gasteiger partial charge is 0.292 e. The summed E-state index contributed by atoms with van der Waals surface area (Å²) in [5.74, 6) is 0. The lowest BCUT2D eigenvalue weighted by Crippen LogP contribution is -2.13. The van der Waals surface area contributed by atoms with Gasteiger partial charge in [-0.05, 0) is 6.42 Å². The zero-order valence-corrected chi connectivity index (χ0v) is 10.9. The summed E-state index contributed by atoms with van der Waals surface area (Å²) in [6, 6.07) is 0. The first-order valence-corrected chi connectivity index (χ1v) is 5.77. The second kappa shape index (κ2) is 11.6. The summed E-state index contributed by atoms with van der Waals surface area (Å²) in [6.07, 6.45) is 3.97. The number of halogens is 3. The fourth-order valence-electron chi connectivity index (χ4n) is 1.42. The minimum absolute atomic E-state index is 0. The number of rotatable bonds is 9. The van der Waals surface area contributed by atoms with Crippen LogP contribution in [0, 0.1) is 0 Å². The van der Waals surface area contributed by atoms with Crippen molar-refractivity contribution in [1.29, 1.82) is 0 Å². The van der Waals surface area contributed by atoms with Crippen molar-refractivity contribution in [2.24, 2.45) is 0 Å². The molecule has 0 amide bonds. The molecule has 100 valence electrons. The van der Waals surface area contributed by atoms with Crippen LogP contribution in [0.3, 0.4) is 0 Å². The summed E-state index contributed by atoms with van der Waals surface area (Å²) in [5.41, 5.74) is 0. The average molecular weight is 260 g/mol. The van der Waals surface area contributed by atoms with Gasteiger partial charge in [-0.1, -0.05) is 51.9 Å². The van der Waals surface area contributed by atoms with Gasteiger partial charge in [0.25, 0.3) is 0 Å². The largest absolute Gasteiger partial charge is 0.522 e. The molecule has 0 unspecified atom stereocenters. The summed E-state index contributed by atoms with van der Waals surface area (Å²) in [4.78, 5) is 0. The first-order chi connectivity index (χ1) is 7.06. The zero-order chi connectivity index (χ0) is 11.6. The van der Waals surface area contributed by atoms with Gasteiger partial charge in [-0.2, -0.15) is 13.5 Å². The van der Waals surface area contributed by atoms with Crippen LogP contribution in [0.1, 0.15) is 58.3 Å². The molecule has 0 saturated heterocycles. The van der Waals surface area contributed by atoms with E-state index in [1.807, 2.05) is 0 Å². The Bertz CT molecular complexity index is 140. The maximum atomic E-state index is 11.5. The maximum absolute atomic E-state index is 11.5. The van der Waals surface area contributed by atoms with E-state index in [1.54, 1.807) is 0 Å². The Kier molecular flexibility index (Phi) is 13.4. The minimum Gasteiger partial charge on any atom is -0.292 e. The fourth-order valence-corrected chi connectivity index (χ4v) is 1.42. The Balaban J connectivity index is 0. The van der Waals surface area contributed by atoms with E-state index in [9.17, 15) is 13.2 Å². The lowest BCUT2D eigenvalue weighted by molar-refractivity contribution is -0.324. The Morgan fingerprint density at radius 1 is 0.812 bits per heavy atom. The average Bonchev–Trinajstić information content (AvgIpc) is 2.14. The van der Waals surface area contributed by atoms with Crippen LogP contribution in [-0.4, -0.2) is 13.0 Å². The highest BCUT2D eigenvalue weighted by Crippen LogP contribution is 2.17. The summed E-state index contributed by atoms with van der Waals surface area (Å²) in [6.45, 7) is 1.97. The Hall–Kier alpha value is 0.100. The quantitative estimate of drug-likeness (QED) is 0.542. The predicted molar refractivity (Wildman–Crippen MR) is 65.0 cm³/mol. The number of alkyl halides is 3. The molecular formula is C11H23F3OS. The second-order valence-electron chi connectivity index (χ2n) is 3.77. The molecule has 0 aliphatic carbocycles. The van der Waals surface area contributed by atoms with Crippen LogP contribution in [0.4, 0.5) is 13.2 Å². The molecule has 0 aromatic heterocycles. The zero-order valence-electron chi connectivity index (χ0n) is 9.91. The van der Waals surface area contributed by atoms with Crippen LogP contribution in [0.2, 0.25) is 0 Å². The molecular weight excluding hydrogens is 237 g/mol. The van der Waals surface area contributed by atoms with Crippen molar-refractivity contribution in [1.82, 2.24) is 0 Å². The van der Waals surface area contributed by atoms with Crippen molar-refractivity contribution in [2.75, 3.05) is 6.61 Å². The van der Waals surface area contributed by atoms with Crippen molar-refractivity contribution >= 4 is 13.5 Å². The Morgan fingerprint density at radius 2 is 1.25 bits per heavy atom. The normalized spacial score (nSPS) is 11.2. The van der Waals surface area contributed by atoms with E-state index >= 15 is 0 Å². The van der Waals surface area contributed by atoms with E-state index in [-0.39, 0.29) is 20.1 Å². The van der Waals surface area contributed by atoms with E-state index in [0.29, 0.717) is 6.42 Å². The summed E-state index contributed by atoms with van der Waals surface area (Å²) < 4.78 is 38.3. The number of ether oxygens (including phenoxy) is 1. The molecule has 1 nitrogen and oxygen atoms in total. The molecule has 0 aliphatic heterocycles. The van der Waals surface area contributed by atoms with Gasteiger partial charge in [0, 0.05) is 0 Å². The molecule has 0 heterocycles. The van der Waals surface area contributed by atoms with E-state index in [2.05, 4.69) is 11.7 Å². The minimum atomic E-state index is -4.46. The molecule has 0 fully saturated rings. The van der Waals surface area contributed by atoms with Crippen molar-refractivity contribution in [3.63, 3.8) is 0 Å². The van der Waals surface area contributed by atoms with Crippen molar-refractivity contribution in [2.45, 2.75) is 64.7 Å². The lowest BCUT2D eigenvalue weighted by Gasteiger charge is -2.06. The monoisotopic (exact) mass is 260 g/mol. The van der Waals surface area contributed by atoms with Crippen LogP contribution in [0.15, 0.2) is 0 Å². The van der Waals surface area contributed by atoms with Gasteiger partial charge in [0.1, 0.15) is 0 Å². The van der Waals surface area contributed by atoms with Gasteiger partial charge in [0.15, 0.2) is 0 Å². The van der Waals surface area contributed by atoms with Gasteiger partial charge in [-0.15, -0.1) is 13.2 Å². The van der Waals surface area contributed by atoms with Crippen LogP contribution in [-0.2, 0) is 4.74 Å². The first-order valence-electron chi connectivity index (χ1n) is 5.77. The van der Waals surface area contributed by atoms with Crippen LogP contribution < -0.4 is 0 Å². The molecule has 0 radical (unpaired) electrons. The molecule has 0 bridgehead atoms. The predicted octanol–water partition coefficient (Wildman–Crippen LogP) is 4.78. The van der Waals surface area contributed by atoms with Crippen LogP contribution >= 0.6 is 13.5 Å². The Labute approximate surface area is 103 Å². The number of unbranched alkanes of at least 4 members (excludes halogenated alkanes) is 7. The Morgan fingerprint density at radius 3 is 1.69 bits per heavy atom. The molecule has 0 aliphatic rings. The molecule has 0 aromatic carbocycles. The molecule has 0 N–H and O–H groups in total. The molecule has 0 saturated carbocycles. The topological polar surface area (TPSA) is 9.23 Å². The highest BCUT2D eigenvalue weighted by Gasteiger charge is 2.28. The highest BCUT2D eigenvalue weighted by atomic mass is 32.1. The van der Waals surface area contributed by atoms with E-state index < -0.39 is 6.36 Å². The highest BCUT2D eigenvalue weighted by molar-refractivity contribution is 7.59. The van der Waals surface area contributed by atoms with Gasteiger partial charge >= 0.3 is 6.36 Å².